The molecule has 0 atom stereocenters. The summed E-state index contributed by atoms with van der Waals surface area (Å²) in [5.41, 5.74) is 7.68. The molecule has 2 nitrogen and oxygen atoms in total. The van der Waals surface area contributed by atoms with Crippen LogP contribution in [0.5, 0.6) is 0 Å². The summed E-state index contributed by atoms with van der Waals surface area (Å²) >= 11 is 1.66. The number of benzene rings is 6. The summed E-state index contributed by atoms with van der Waals surface area (Å²) in [6.45, 7) is 6.24. The van der Waals surface area contributed by atoms with Crippen molar-refractivity contribution in [3.05, 3.63) is 144 Å². The van der Waals surface area contributed by atoms with E-state index in [1.807, 2.05) is 42.6 Å². The Labute approximate surface area is 289 Å². The minimum absolute atomic E-state index is 0. The third kappa shape index (κ3) is 5.51. The Bertz CT molecular complexity index is 2510. The number of halogens is 2. The molecule has 9 rings (SSSR count). The molecule has 6 heteroatoms. The van der Waals surface area contributed by atoms with Crippen LogP contribution in [0.2, 0.25) is 0 Å². The molecule has 231 valence electrons. The predicted molar refractivity (Wildman–Crippen MR) is 185 cm³/mol. The van der Waals surface area contributed by atoms with Gasteiger partial charge >= 0.3 is 0 Å². The Morgan fingerprint density at radius 2 is 1.51 bits per heavy atom. The number of hydrogen-bond acceptors (Lipinski definition) is 3. The molecule has 3 heterocycles. The zero-order chi connectivity index (χ0) is 31.5. The van der Waals surface area contributed by atoms with E-state index in [1.54, 1.807) is 24.0 Å². The van der Waals surface area contributed by atoms with Gasteiger partial charge < -0.3 is 4.98 Å². The number of aryl methyl sites for hydroxylation is 3. The maximum Gasteiger partial charge on any atom is 0.133 e. The Balaban J connectivity index is 0.000000186. The van der Waals surface area contributed by atoms with Gasteiger partial charge in [-0.3, -0.25) is 4.98 Å². The van der Waals surface area contributed by atoms with Gasteiger partial charge in [0, 0.05) is 54.5 Å². The van der Waals surface area contributed by atoms with Gasteiger partial charge in [0.05, 0.1) is 0 Å². The van der Waals surface area contributed by atoms with Gasteiger partial charge in [0.25, 0.3) is 0 Å². The second kappa shape index (κ2) is 12.3. The summed E-state index contributed by atoms with van der Waals surface area (Å²) in [6, 6.07) is 35.4. The SMILES string of the molecule is Cc1c[c-]c(-c2cc(C)c(C)cn2)cc1.Fc1cc(F)c2ccc3c4ccnc5c4c(cc3c2c1)Sc1cc2ccccc2[c-]c1-5.[Ir]. The molecule has 0 aliphatic carbocycles. The molecule has 2 aromatic heterocycles. The minimum Gasteiger partial charge on any atom is -0.304 e. The van der Waals surface area contributed by atoms with Crippen molar-refractivity contribution in [3.63, 3.8) is 0 Å². The second-order valence-corrected chi connectivity index (χ2v) is 12.8. The van der Waals surface area contributed by atoms with Crippen molar-refractivity contribution in [2.75, 3.05) is 0 Å². The molecule has 0 bridgehead atoms. The van der Waals surface area contributed by atoms with Crippen LogP contribution >= 0.6 is 11.8 Å². The first-order valence-electron chi connectivity index (χ1n) is 15.0. The van der Waals surface area contributed by atoms with Crippen molar-refractivity contribution in [1.29, 1.82) is 0 Å². The van der Waals surface area contributed by atoms with Crippen molar-refractivity contribution in [2.45, 2.75) is 30.6 Å². The molecule has 0 spiro atoms. The third-order valence-corrected chi connectivity index (χ3v) is 9.76. The standard InChI is InChI=1S/C27H12F2NS.C14H14N.Ir/c28-16-11-20-18(23(29)12-16)6-5-17-19-7-8-30-27-22-9-14-3-1-2-4-15(14)10-24(22)31-25(26(19)27)13-21(17)20;1-10-4-6-13(7-5-10)14-8-11(2)12(3)9-15-14;/h1-8,10-13H;4-6,8-9H,1-3H3;/q2*-1;. The first kappa shape index (κ1) is 31.1. The quantitative estimate of drug-likeness (QED) is 0.122. The first-order valence-corrected chi connectivity index (χ1v) is 15.8. The average molecular weight is 809 g/mol. The van der Waals surface area contributed by atoms with Crippen LogP contribution in [-0.4, -0.2) is 9.97 Å². The van der Waals surface area contributed by atoms with Gasteiger partial charge in [-0.2, -0.15) is 0 Å². The van der Waals surface area contributed by atoms with E-state index in [1.165, 1.54) is 22.8 Å². The number of nitrogens with zero attached hydrogens (tertiary/aromatic N) is 2. The molecule has 1 aliphatic heterocycles. The molecule has 0 fully saturated rings. The van der Waals surface area contributed by atoms with Crippen LogP contribution in [-0.2, 0) is 20.1 Å². The zero-order valence-corrected chi connectivity index (χ0v) is 28.9. The molecule has 0 unspecified atom stereocenters. The number of pyridine rings is 2. The van der Waals surface area contributed by atoms with Crippen LogP contribution in [0.25, 0.3) is 65.6 Å². The number of hydrogen-bond donors (Lipinski definition) is 0. The van der Waals surface area contributed by atoms with Crippen molar-refractivity contribution >= 4 is 54.9 Å². The molecular weight excluding hydrogens is 783 g/mol. The van der Waals surface area contributed by atoms with Gasteiger partial charge in [0.2, 0.25) is 0 Å². The third-order valence-electron chi connectivity index (χ3n) is 8.68. The van der Waals surface area contributed by atoms with Crippen molar-refractivity contribution in [3.8, 4) is 22.5 Å². The fourth-order valence-corrected chi connectivity index (χ4v) is 7.29. The smallest absolute Gasteiger partial charge is 0.133 e. The Morgan fingerprint density at radius 3 is 2.32 bits per heavy atom. The number of aromatic nitrogens is 2. The summed E-state index contributed by atoms with van der Waals surface area (Å²) in [7, 11) is 0. The molecule has 1 aliphatic rings. The van der Waals surface area contributed by atoms with Gasteiger partial charge in [0.1, 0.15) is 11.6 Å². The molecule has 8 aromatic rings. The molecular formula is C41H26F2IrN2S-2. The Kier molecular flexibility index (Phi) is 8.13. The van der Waals surface area contributed by atoms with Crippen LogP contribution in [0.3, 0.4) is 0 Å². The van der Waals surface area contributed by atoms with Crippen LogP contribution in [0, 0.1) is 44.5 Å². The molecule has 6 aromatic carbocycles. The zero-order valence-electron chi connectivity index (χ0n) is 25.7. The molecule has 0 saturated carbocycles. The largest absolute Gasteiger partial charge is 0.304 e. The topological polar surface area (TPSA) is 25.8 Å². The van der Waals surface area contributed by atoms with Crippen molar-refractivity contribution in [1.82, 2.24) is 9.97 Å². The van der Waals surface area contributed by atoms with Crippen LogP contribution < -0.4 is 0 Å². The molecule has 0 amide bonds. The number of fused-ring (bicyclic) bond motifs is 7. The van der Waals surface area contributed by atoms with Gasteiger partial charge in [-0.15, -0.1) is 70.7 Å². The fourth-order valence-electron chi connectivity index (χ4n) is 6.13. The summed E-state index contributed by atoms with van der Waals surface area (Å²) in [5.74, 6) is -1.11. The van der Waals surface area contributed by atoms with E-state index in [-0.39, 0.29) is 20.1 Å². The summed E-state index contributed by atoms with van der Waals surface area (Å²) in [5, 5.41) is 7.10. The summed E-state index contributed by atoms with van der Waals surface area (Å²) in [6.07, 6.45) is 3.72. The maximum atomic E-state index is 14.4. The van der Waals surface area contributed by atoms with Crippen molar-refractivity contribution in [2.24, 2.45) is 0 Å². The van der Waals surface area contributed by atoms with E-state index in [0.29, 0.717) is 10.8 Å². The monoisotopic (exact) mass is 809 g/mol. The second-order valence-electron chi connectivity index (χ2n) is 11.7. The summed E-state index contributed by atoms with van der Waals surface area (Å²) in [4.78, 5) is 11.3. The molecule has 1 radical (unpaired) electrons. The average Bonchev–Trinajstić information content (AvgIpc) is 3.06. The van der Waals surface area contributed by atoms with E-state index >= 15 is 0 Å². The minimum atomic E-state index is -0.569. The van der Waals surface area contributed by atoms with E-state index in [2.05, 4.69) is 74.3 Å². The molecule has 0 saturated heterocycles. The van der Waals surface area contributed by atoms with E-state index in [9.17, 15) is 8.78 Å². The van der Waals surface area contributed by atoms with Gasteiger partial charge in [0.15, 0.2) is 0 Å². The maximum absolute atomic E-state index is 14.4. The summed E-state index contributed by atoms with van der Waals surface area (Å²) < 4.78 is 28.5. The number of rotatable bonds is 1. The van der Waals surface area contributed by atoms with E-state index in [0.717, 1.165) is 70.7 Å². The Morgan fingerprint density at radius 1 is 0.702 bits per heavy atom. The van der Waals surface area contributed by atoms with E-state index in [4.69, 9.17) is 4.98 Å². The van der Waals surface area contributed by atoms with Crippen LogP contribution in [0.15, 0.2) is 113 Å². The fraction of sp³-hybridized carbons (Fsp3) is 0.0732. The van der Waals surface area contributed by atoms with Gasteiger partial charge in [-0.05, 0) is 75.1 Å². The first-order chi connectivity index (χ1) is 22.3. The van der Waals surface area contributed by atoms with E-state index < -0.39 is 11.6 Å². The normalized spacial score (nSPS) is 11.7. The van der Waals surface area contributed by atoms with Gasteiger partial charge in [-0.1, -0.05) is 59.8 Å². The van der Waals surface area contributed by atoms with Crippen LogP contribution in [0.1, 0.15) is 16.7 Å². The Hall–Kier alpha value is -4.48. The molecule has 0 N–H and O–H groups in total. The van der Waals surface area contributed by atoms with Gasteiger partial charge in [-0.25, -0.2) is 8.78 Å². The van der Waals surface area contributed by atoms with Crippen LogP contribution in [0.4, 0.5) is 8.78 Å². The molecule has 47 heavy (non-hydrogen) atoms. The predicted octanol–water partition coefficient (Wildman–Crippen LogP) is 11.4. The van der Waals surface area contributed by atoms with Crippen molar-refractivity contribution < 1.29 is 28.9 Å².